The first-order valence-corrected chi connectivity index (χ1v) is 26.1. The zero-order valence-electron chi connectivity index (χ0n) is 40.8. The van der Waals surface area contributed by atoms with E-state index in [1.54, 1.807) is 0 Å². The molecule has 6 heterocycles. The van der Waals surface area contributed by atoms with Crippen LogP contribution in [0.25, 0.3) is 164 Å². The van der Waals surface area contributed by atoms with Crippen LogP contribution in [0.1, 0.15) is 0 Å². The van der Waals surface area contributed by atoms with Crippen molar-refractivity contribution in [2.75, 3.05) is 0 Å². The lowest BCUT2D eigenvalue weighted by Gasteiger charge is -2.15. The molecule has 0 amide bonds. The maximum absolute atomic E-state index is 5.44. The number of nitrogens with zero attached hydrogens (tertiary/aromatic N) is 6. The van der Waals surface area contributed by atoms with Gasteiger partial charge in [0.1, 0.15) is 11.3 Å². The number of rotatable bonds is 3. The van der Waals surface area contributed by atoms with E-state index in [0.29, 0.717) is 0 Å². The minimum absolute atomic E-state index is 0.947. The van der Waals surface area contributed by atoms with Gasteiger partial charge in [-0.25, -0.2) is 9.97 Å². The molecule has 6 nitrogen and oxygen atoms in total. The van der Waals surface area contributed by atoms with E-state index in [0.717, 1.165) is 83.1 Å². The Hall–Kier alpha value is -10.3. The summed E-state index contributed by atoms with van der Waals surface area (Å²) in [6.45, 7) is 0. The van der Waals surface area contributed by atoms with Crippen LogP contribution in [0.5, 0.6) is 0 Å². The molecular weight excluding hydrogens is 925 g/mol. The zero-order valence-corrected chi connectivity index (χ0v) is 40.8. The fraction of sp³-hybridized carbons (Fsp3) is 0. The molecule has 18 rings (SSSR count). The average Bonchev–Trinajstić information content (AvgIpc) is 4.26. The Morgan fingerprint density at radius 1 is 0.237 bits per heavy atom. The predicted molar refractivity (Wildman–Crippen MR) is 318 cm³/mol. The van der Waals surface area contributed by atoms with Gasteiger partial charge in [-0.2, -0.15) is 0 Å². The highest BCUT2D eigenvalue weighted by atomic mass is 15.0. The third-order valence-corrected chi connectivity index (χ3v) is 16.6. The van der Waals surface area contributed by atoms with Crippen LogP contribution in [0.15, 0.2) is 243 Å². The Balaban J connectivity index is 0.847. The van der Waals surface area contributed by atoms with Gasteiger partial charge in [0.15, 0.2) is 0 Å². The lowest BCUT2D eigenvalue weighted by atomic mass is 9.98. The van der Waals surface area contributed by atoms with Gasteiger partial charge < -0.3 is 9.13 Å². The summed E-state index contributed by atoms with van der Waals surface area (Å²) in [5.74, 6) is 0. The fourth-order valence-electron chi connectivity index (χ4n) is 13.3. The molecule has 0 fully saturated rings. The van der Waals surface area contributed by atoms with E-state index in [4.69, 9.17) is 9.97 Å². The lowest BCUT2D eigenvalue weighted by Crippen LogP contribution is -1.97. The molecule has 0 atom stereocenters. The first-order valence-electron chi connectivity index (χ1n) is 26.1. The molecule has 0 radical (unpaired) electrons. The number of hydrogen-bond acceptors (Lipinski definition) is 2. The van der Waals surface area contributed by atoms with E-state index >= 15 is 0 Å². The van der Waals surface area contributed by atoms with Crippen molar-refractivity contribution in [3.63, 3.8) is 0 Å². The zero-order chi connectivity index (χ0) is 49.3. The normalized spacial score (nSPS) is 12.5. The Labute approximate surface area is 432 Å². The molecule has 76 heavy (non-hydrogen) atoms. The van der Waals surface area contributed by atoms with Crippen molar-refractivity contribution in [1.29, 1.82) is 0 Å². The van der Waals surface area contributed by atoms with Crippen molar-refractivity contribution in [3.8, 4) is 22.5 Å². The maximum Gasteiger partial charge on any atom is 0.146 e. The largest absolute Gasteiger partial charge is 0.309 e. The molecule has 6 heteroatoms. The Kier molecular flexibility index (Phi) is 7.77. The van der Waals surface area contributed by atoms with Crippen LogP contribution in [0.3, 0.4) is 0 Å². The summed E-state index contributed by atoms with van der Waals surface area (Å²) in [5.41, 5.74) is 17.6. The summed E-state index contributed by atoms with van der Waals surface area (Å²) in [5, 5.41) is 16.9. The standard InChI is InChI=1S/C70H40N6/c1-3-15-47-41(13-1)25-32-53-50-17-5-9-21-61(50)73(67(47)53)45-29-34-55-56(39-45)52-19-7-11-23-63(52)76-66-38-44(28-35-60(66)72-69(55)76)43-27-31-49-57-40-46(30-36-64(57)75-65-24-12-8-20-59(65)71-70(75)58(49)37-43)74-62-22-10-6-18-51(62)54-33-26-42-14-2-4-16-48(42)68(54)74/h1-40H. The molecule has 0 unspecified atom stereocenters. The number of benzene rings is 12. The van der Waals surface area contributed by atoms with Crippen LogP contribution in [0.4, 0.5) is 0 Å². The van der Waals surface area contributed by atoms with E-state index in [1.807, 2.05) is 0 Å². The highest BCUT2D eigenvalue weighted by Gasteiger charge is 2.22. The molecular formula is C70H40N6. The van der Waals surface area contributed by atoms with E-state index < -0.39 is 0 Å². The van der Waals surface area contributed by atoms with Crippen LogP contribution in [0, 0.1) is 0 Å². The molecule has 0 aliphatic carbocycles. The summed E-state index contributed by atoms with van der Waals surface area (Å²) in [6, 6.07) is 89.1. The first kappa shape index (κ1) is 40.2. The van der Waals surface area contributed by atoms with Gasteiger partial charge in [0.2, 0.25) is 0 Å². The monoisotopic (exact) mass is 964 g/mol. The third-order valence-electron chi connectivity index (χ3n) is 16.6. The highest BCUT2D eigenvalue weighted by molar-refractivity contribution is 6.22. The number of fused-ring (bicyclic) bond motifs is 26. The van der Waals surface area contributed by atoms with E-state index in [-0.39, 0.29) is 0 Å². The molecule has 12 aromatic carbocycles. The second-order valence-corrected chi connectivity index (χ2v) is 20.5. The Morgan fingerprint density at radius 2 is 0.697 bits per heavy atom. The van der Waals surface area contributed by atoms with Crippen molar-refractivity contribution < 1.29 is 0 Å². The third kappa shape index (κ3) is 5.28. The van der Waals surface area contributed by atoms with Gasteiger partial charge >= 0.3 is 0 Å². The van der Waals surface area contributed by atoms with E-state index in [2.05, 4.69) is 261 Å². The van der Waals surface area contributed by atoms with Crippen LogP contribution in [-0.4, -0.2) is 27.9 Å². The van der Waals surface area contributed by atoms with Crippen molar-refractivity contribution in [3.05, 3.63) is 243 Å². The topological polar surface area (TPSA) is 44.5 Å². The SMILES string of the molecule is c1ccc2c(c1)ccc1c3ccccc3n(-c3ccc4c(c3)c3ccccc3n3c5cc(-c6ccc7c8cc(-n9c%10ccccc%10c%10ccc%11ccccc%11c%109)ccc8n8c9ccccc9nc8c7c6)ccc5nc43)c21. The molecule has 0 aliphatic rings. The molecule has 350 valence electrons. The van der Waals surface area contributed by atoms with E-state index in [1.165, 1.54) is 81.3 Å². The quantitative estimate of drug-likeness (QED) is 0.166. The Bertz CT molecular complexity index is 5610. The van der Waals surface area contributed by atoms with Crippen molar-refractivity contribution in [2.45, 2.75) is 0 Å². The second kappa shape index (κ2) is 14.7. The van der Waals surface area contributed by atoms with Gasteiger partial charge in [0.25, 0.3) is 0 Å². The van der Waals surface area contributed by atoms with Gasteiger partial charge in [0.05, 0.1) is 55.2 Å². The van der Waals surface area contributed by atoms with Gasteiger partial charge in [-0.15, -0.1) is 0 Å². The number of hydrogen-bond donors (Lipinski definition) is 0. The number of pyridine rings is 2. The summed E-state index contributed by atoms with van der Waals surface area (Å²) >= 11 is 0. The molecule has 18 aromatic rings. The summed E-state index contributed by atoms with van der Waals surface area (Å²) in [4.78, 5) is 10.8. The smallest absolute Gasteiger partial charge is 0.146 e. The van der Waals surface area contributed by atoms with Crippen LogP contribution in [0.2, 0.25) is 0 Å². The van der Waals surface area contributed by atoms with Crippen molar-refractivity contribution in [2.24, 2.45) is 0 Å². The predicted octanol–water partition coefficient (Wildman–Crippen LogP) is 18.1. The van der Waals surface area contributed by atoms with Gasteiger partial charge in [-0.1, -0.05) is 158 Å². The van der Waals surface area contributed by atoms with Crippen LogP contribution < -0.4 is 0 Å². The molecule has 0 saturated heterocycles. The maximum atomic E-state index is 5.44. The second-order valence-electron chi connectivity index (χ2n) is 20.5. The minimum atomic E-state index is 0.947. The van der Waals surface area contributed by atoms with Crippen LogP contribution in [-0.2, 0) is 0 Å². The molecule has 0 bridgehead atoms. The molecule has 0 saturated carbocycles. The first-order chi connectivity index (χ1) is 37.7. The molecule has 0 spiro atoms. The molecule has 0 N–H and O–H groups in total. The summed E-state index contributed by atoms with van der Waals surface area (Å²) in [7, 11) is 0. The fourth-order valence-corrected chi connectivity index (χ4v) is 13.3. The van der Waals surface area contributed by atoms with E-state index in [9.17, 15) is 0 Å². The summed E-state index contributed by atoms with van der Waals surface area (Å²) in [6.07, 6.45) is 0. The number of para-hydroxylation sites is 5. The Morgan fingerprint density at radius 3 is 1.38 bits per heavy atom. The summed E-state index contributed by atoms with van der Waals surface area (Å²) < 4.78 is 9.66. The van der Waals surface area contributed by atoms with Crippen LogP contribution >= 0.6 is 0 Å². The lowest BCUT2D eigenvalue weighted by molar-refractivity contribution is 1.19. The minimum Gasteiger partial charge on any atom is -0.309 e. The number of aromatic nitrogens is 6. The van der Waals surface area contributed by atoms with Crippen molar-refractivity contribution >= 4 is 142 Å². The van der Waals surface area contributed by atoms with Gasteiger partial charge in [0, 0.05) is 65.2 Å². The average molecular weight is 965 g/mol. The van der Waals surface area contributed by atoms with Crippen molar-refractivity contribution in [1.82, 2.24) is 27.9 Å². The number of imidazole rings is 2. The molecule has 6 aromatic heterocycles. The van der Waals surface area contributed by atoms with Gasteiger partial charge in [-0.05, 0) is 118 Å². The highest BCUT2D eigenvalue weighted by Crippen LogP contribution is 2.43. The molecule has 0 aliphatic heterocycles. The van der Waals surface area contributed by atoms with Gasteiger partial charge in [-0.3, -0.25) is 8.80 Å².